The van der Waals surface area contributed by atoms with Gasteiger partial charge in [-0.15, -0.1) is 11.3 Å². The maximum absolute atomic E-state index is 11.9. The number of aromatic nitrogens is 3. The highest BCUT2D eigenvalue weighted by molar-refractivity contribution is 9.11. The van der Waals surface area contributed by atoms with Crippen molar-refractivity contribution in [3.8, 4) is 0 Å². The van der Waals surface area contributed by atoms with Gasteiger partial charge in [0.2, 0.25) is 5.91 Å². The van der Waals surface area contributed by atoms with Crippen LogP contribution in [0.25, 0.3) is 0 Å². The summed E-state index contributed by atoms with van der Waals surface area (Å²) in [5.41, 5.74) is 0. The molecule has 0 radical (unpaired) electrons. The summed E-state index contributed by atoms with van der Waals surface area (Å²) in [4.78, 5) is 17.3. The number of nitrogens with zero attached hydrogens (tertiary/aromatic N) is 2. The quantitative estimate of drug-likeness (QED) is 0.875. The second-order valence-corrected chi connectivity index (χ2v) is 7.11. The van der Waals surface area contributed by atoms with Gasteiger partial charge in [0, 0.05) is 23.3 Å². The average molecular weight is 341 g/mol. The molecule has 2 aromatic rings. The predicted molar refractivity (Wildman–Crippen MR) is 76.0 cm³/mol. The minimum absolute atomic E-state index is 0.0584. The number of hydrogen-bond donors (Lipinski definition) is 2. The van der Waals surface area contributed by atoms with Crippen LogP contribution in [0.15, 0.2) is 22.2 Å². The van der Waals surface area contributed by atoms with Crippen LogP contribution in [0, 0.1) is 5.92 Å². The van der Waals surface area contributed by atoms with E-state index in [4.69, 9.17) is 0 Å². The molecule has 100 valence electrons. The SMILES string of the molecule is O=C(NCCc1ccc(Br)s1)C1CC1c1ncn[nH]1. The first kappa shape index (κ1) is 12.8. The van der Waals surface area contributed by atoms with Gasteiger partial charge in [-0.3, -0.25) is 9.89 Å². The summed E-state index contributed by atoms with van der Waals surface area (Å²) >= 11 is 5.14. The normalized spacial score (nSPS) is 21.3. The Morgan fingerprint density at radius 2 is 2.47 bits per heavy atom. The fraction of sp³-hybridized carbons (Fsp3) is 0.417. The minimum atomic E-state index is 0.0584. The van der Waals surface area contributed by atoms with Crippen molar-refractivity contribution in [2.45, 2.75) is 18.8 Å². The lowest BCUT2D eigenvalue weighted by atomic mass is 10.2. The van der Waals surface area contributed by atoms with E-state index < -0.39 is 0 Å². The Bertz CT molecular complexity index is 568. The number of aromatic amines is 1. The molecule has 2 N–H and O–H groups in total. The van der Waals surface area contributed by atoms with Gasteiger partial charge in [0.25, 0.3) is 0 Å². The Kier molecular flexibility index (Phi) is 3.65. The maximum Gasteiger partial charge on any atom is 0.223 e. The molecule has 0 aliphatic heterocycles. The van der Waals surface area contributed by atoms with Crippen LogP contribution >= 0.6 is 27.3 Å². The number of hydrogen-bond acceptors (Lipinski definition) is 4. The summed E-state index contributed by atoms with van der Waals surface area (Å²) in [5.74, 6) is 1.22. The molecule has 0 bridgehead atoms. The van der Waals surface area contributed by atoms with E-state index in [0.29, 0.717) is 6.54 Å². The molecule has 1 saturated carbocycles. The third-order valence-electron chi connectivity index (χ3n) is 3.21. The lowest BCUT2D eigenvalue weighted by Crippen LogP contribution is -2.27. The van der Waals surface area contributed by atoms with Gasteiger partial charge in [-0.05, 0) is 40.9 Å². The number of carbonyl (C=O) groups excluding carboxylic acids is 1. The molecular formula is C12H13BrN4OS. The summed E-state index contributed by atoms with van der Waals surface area (Å²) < 4.78 is 1.13. The highest BCUT2D eigenvalue weighted by atomic mass is 79.9. The van der Waals surface area contributed by atoms with Crippen molar-refractivity contribution in [2.75, 3.05) is 6.54 Å². The van der Waals surface area contributed by atoms with E-state index in [2.05, 4.69) is 42.5 Å². The fourth-order valence-electron chi connectivity index (χ4n) is 2.11. The molecule has 2 atom stereocenters. The number of amides is 1. The molecule has 1 aliphatic rings. The zero-order valence-electron chi connectivity index (χ0n) is 10.1. The highest BCUT2D eigenvalue weighted by Crippen LogP contribution is 2.45. The summed E-state index contributed by atoms with van der Waals surface area (Å²) in [6, 6.07) is 4.11. The number of rotatable bonds is 5. The third-order valence-corrected chi connectivity index (χ3v) is 4.89. The Labute approximate surface area is 123 Å². The van der Waals surface area contributed by atoms with Crippen molar-refractivity contribution < 1.29 is 4.79 Å². The highest BCUT2D eigenvalue weighted by Gasteiger charge is 2.45. The molecule has 1 fully saturated rings. The van der Waals surface area contributed by atoms with Crippen LogP contribution in [0.2, 0.25) is 0 Å². The first-order chi connectivity index (χ1) is 9.24. The van der Waals surface area contributed by atoms with Crippen LogP contribution in [-0.2, 0) is 11.2 Å². The topological polar surface area (TPSA) is 70.7 Å². The van der Waals surface area contributed by atoms with Crippen LogP contribution in [-0.4, -0.2) is 27.6 Å². The zero-order valence-corrected chi connectivity index (χ0v) is 12.5. The van der Waals surface area contributed by atoms with E-state index in [1.165, 1.54) is 11.2 Å². The molecule has 2 heterocycles. The molecule has 0 saturated heterocycles. The molecule has 7 heteroatoms. The van der Waals surface area contributed by atoms with Crippen LogP contribution in [0.5, 0.6) is 0 Å². The average Bonchev–Trinajstić information content (AvgIpc) is 2.82. The summed E-state index contributed by atoms with van der Waals surface area (Å²) in [6.07, 6.45) is 3.23. The van der Waals surface area contributed by atoms with Gasteiger partial charge < -0.3 is 5.32 Å². The maximum atomic E-state index is 11.9. The summed E-state index contributed by atoms with van der Waals surface area (Å²) in [5, 5.41) is 9.62. The second kappa shape index (κ2) is 5.42. The summed E-state index contributed by atoms with van der Waals surface area (Å²) in [7, 11) is 0. The molecule has 2 unspecified atom stereocenters. The molecule has 1 amide bonds. The first-order valence-electron chi connectivity index (χ1n) is 6.11. The Morgan fingerprint density at radius 1 is 1.58 bits per heavy atom. The Hall–Kier alpha value is -1.21. The van der Waals surface area contributed by atoms with Gasteiger partial charge in [-0.25, -0.2) is 4.98 Å². The van der Waals surface area contributed by atoms with E-state index in [0.717, 1.165) is 22.5 Å². The largest absolute Gasteiger partial charge is 0.355 e. The fourth-order valence-corrected chi connectivity index (χ4v) is 3.59. The summed E-state index contributed by atoms with van der Waals surface area (Å²) in [6.45, 7) is 0.686. The molecule has 1 aliphatic carbocycles. The number of nitrogens with one attached hydrogen (secondary N) is 2. The number of thiophene rings is 1. The number of H-pyrrole nitrogens is 1. The van der Waals surface area contributed by atoms with Crippen molar-refractivity contribution in [3.05, 3.63) is 32.9 Å². The monoisotopic (exact) mass is 340 g/mol. The molecule has 19 heavy (non-hydrogen) atoms. The van der Waals surface area contributed by atoms with Gasteiger partial charge in [-0.1, -0.05) is 0 Å². The van der Waals surface area contributed by atoms with Crippen molar-refractivity contribution >= 4 is 33.2 Å². The molecule has 5 nitrogen and oxygen atoms in total. The van der Waals surface area contributed by atoms with E-state index in [-0.39, 0.29) is 17.7 Å². The van der Waals surface area contributed by atoms with Crippen molar-refractivity contribution in [1.29, 1.82) is 0 Å². The molecule has 0 aromatic carbocycles. The van der Waals surface area contributed by atoms with E-state index in [9.17, 15) is 4.79 Å². The van der Waals surface area contributed by atoms with Gasteiger partial charge in [-0.2, -0.15) is 5.10 Å². The van der Waals surface area contributed by atoms with E-state index in [1.54, 1.807) is 11.3 Å². The van der Waals surface area contributed by atoms with Gasteiger partial charge in [0.1, 0.15) is 12.2 Å². The Balaban J connectivity index is 1.43. The lowest BCUT2D eigenvalue weighted by molar-refractivity contribution is -0.122. The number of halogens is 1. The van der Waals surface area contributed by atoms with E-state index >= 15 is 0 Å². The lowest BCUT2D eigenvalue weighted by Gasteiger charge is -2.03. The van der Waals surface area contributed by atoms with Gasteiger partial charge >= 0.3 is 0 Å². The third kappa shape index (κ3) is 3.03. The van der Waals surface area contributed by atoms with Crippen LogP contribution in [0.1, 0.15) is 23.0 Å². The van der Waals surface area contributed by atoms with E-state index in [1.807, 2.05) is 6.07 Å². The smallest absolute Gasteiger partial charge is 0.223 e. The van der Waals surface area contributed by atoms with Crippen molar-refractivity contribution in [1.82, 2.24) is 20.5 Å². The van der Waals surface area contributed by atoms with Crippen LogP contribution in [0.3, 0.4) is 0 Å². The van der Waals surface area contributed by atoms with Gasteiger partial charge in [0.15, 0.2) is 0 Å². The second-order valence-electron chi connectivity index (χ2n) is 4.57. The van der Waals surface area contributed by atoms with Crippen molar-refractivity contribution in [3.63, 3.8) is 0 Å². The van der Waals surface area contributed by atoms with Crippen molar-refractivity contribution in [2.24, 2.45) is 5.92 Å². The number of carbonyl (C=O) groups is 1. The molecule has 0 spiro atoms. The molecular weight excluding hydrogens is 328 g/mol. The Morgan fingerprint density at radius 3 is 3.16 bits per heavy atom. The van der Waals surface area contributed by atoms with Crippen LogP contribution < -0.4 is 5.32 Å². The standard InChI is InChI=1S/C12H13BrN4OS/c13-10-2-1-7(19-10)3-4-14-12(18)9-5-8(9)11-15-6-16-17-11/h1-2,6,8-9H,3-5H2,(H,14,18)(H,15,16,17). The first-order valence-corrected chi connectivity index (χ1v) is 7.72. The molecule has 2 aromatic heterocycles. The zero-order chi connectivity index (χ0) is 13.2. The minimum Gasteiger partial charge on any atom is -0.355 e. The molecule has 3 rings (SSSR count). The van der Waals surface area contributed by atoms with Gasteiger partial charge in [0.05, 0.1) is 3.79 Å². The van der Waals surface area contributed by atoms with Crippen LogP contribution in [0.4, 0.5) is 0 Å². The predicted octanol–water partition coefficient (Wildman–Crippen LogP) is 2.09.